The molecule has 0 radical (unpaired) electrons. The summed E-state index contributed by atoms with van der Waals surface area (Å²) < 4.78 is 4.90. The zero-order valence-electron chi connectivity index (χ0n) is 14.0. The molecular weight excluding hydrogens is 298 g/mol. The Bertz CT molecular complexity index is 700. The van der Waals surface area contributed by atoms with Gasteiger partial charge in [-0.25, -0.2) is 4.79 Å². The van der Waals surface area contributed by atoms with Gasteiger partial charge in [0.15, 0.2) is 0 Å². The van der Waals surface area contributed by atoms with Crippen molar-refractivity contribution in [2.75, 3.05) is 13.2 Å². The fourth-order valence-electron chi connectivity index (χ4n) is 3.21. The zero-order valence-corrected chi connectivity index (χ0v) is 14.0. The Morgan fingerprint density at radius 2 is 1.62 bits per heavy atom. The molecular formula is C21H23NO2. The van der Waals surface area contributed by atoms with Gasteiger partial charge in [0.1, 0.15) is 0 Å². The van der Waals surface area contributed by atoms with Crippen molar-refractivity contribution < 1.29 is 9.53 Å². The maximum atomic E-state index is 11.4. The highest BCUT2D eigenvalue weighted by molar-refractivity contribution is 5.83. The molecule has 0 unspecified atom stereocenters. The standard InChI is InChI=1S/C21H23NO2/c1-2-24-21(23)22-15-7-12-20-18-10-5-3-8-16(18)13-14-17-9-4-6-11-19(17)20/h3-6,8-12H,2,7,13-15H2,1H3,(H,22,23). The number of rotatable bonds is 4. The summed E-state index contributed by atoms with van der Waals surface area (Å²) in [4.78, 5) is 11.4. The van der Waals surface area contributed by atoms with Gasteiger partial charge in [0.2, 0.25) is 0 Å². The van der Waals surface area contributed by atoms with Gasteiger partial charge < -0.3 is 10.1 Å². The first kappa shape index (κ1) is 16.3. The van der Waals surface area contributed by atoms with Crippen molar-refractivity contribution in [1.82, 2.24) is 5.32 Å². The van der Waals surface area contributed by atoms with Crippen molar-refractivity contribution in [3.8, 4) is 0 Å². The first-order valence-corrected chi connectivity index (χ1v) is 8.57. The molecule has 0 heterocycles. The Kier molecular flexibility index (Phi) is 5.32. The number of benzene rings is 2. The van der Waals surface area contributed by atoms with Crippen LogP contribution in [-0.4, -0.2) is 19.2 Å². The Labute approximate surface area is 143 Å². The van der Waals surface area contributed by atoms with Crippen LogP contribution in [0.25, 0.3) is 5.57 Å². The lowest BCUT2D eigenvalue weighted by Crippen LogP contribution is -2.24. The first-order chi connectivity index (χ1) is 11.8. The number of fused-ring (bicyclic) bond motifs is 2. The molecule has 2 aromatic carbocycles. The van der Waals surface area contributed by atoms with Crippen LogP contribution in [0.4, 0.5) is 4.79 Å². The summed E-state index contributed by atoms with van der Waals surface area (Å²) >= 11 is 0. The van der Waals surface area contributed by atoms with Crippen molar-refractivity contribution >= 4 is 11.7 Å². The van der Waals surface area contributed by atoms with Crippen LogP contribution in [0.5, 0.6) is 0 Å². The number of hydrogen-bond donors (Lipinski definition) is 1. The van der Waals surface area contributed by atoms with Gasteiger partial charge in [0, 0.05) is 6.54 Å². The fraction of sp³-hybridized carbons (Fsp3) is 0.286. The van der Waals surface area contributed by atoms with Crippen LogP contribution in [0.1, 0.15) is 35.6 Å². The summed E-state index contributed by atoms with van der Waals surface area (Å²) in [6, 6.07) is 17.2. The monoisotopic (exact) mass is 321 g/mol. The van der Waals surface area contributed by atoms with Crippen molar-refractivity contribution in [3.05, 3.63) is 76.9 Å². The molecule has 1 N–H and O–H groups in total. The van der Waals surface area contributed by atoms with Gasteiger partial charge in [-0.05, 0) is 54.0 Å². The van der Waals surface area contributed by atoms with E-state index in [4.69, 9.17) is 4.74 Å². The minimum Gasteiger partial charge on any atom is -0.450 e. The van der Waals surface area contributed by atoms with E-state index in [1.165, 1.54) is 27.8 Å². The van der Waals surface area contributed by atoms with Crippen molar-refractivity contribution in [2.24, 2.45) is 0 Å². The minimum absolute atomic E-state index is 0.349. The summed E-state index contributed by atoms with van der Waals surface area (Å²) in [7, 11) is 0. The Morgan fingerprint density at radius 3 is 2.21 bits per heavy atom. The van der Waals surface area contributed by atoms with Gasteiger partial charge in [-0.15, -0.1) is 0 Å². The highest BCUT2D eigenvalue weighted by Crippen LogP contribution is 2.33. The van der Waals surface area contributed by atoms with Crippen LogP contribution in [0, 0.1) is 0 Å². The predicted molar refractivity (Wildman–Crippen MR) is 97.0 cm³/mol. The van der Waals surface area contributed by atoms with Crippen molar-refractivity contribution in [2.45, 2.75) is 26.2 Å². The lowest BCUT2D eigenvalue weighted by atomic mass is 9.93. The summed E-state index contributed by atoms with van der Waals surface area (Å²) in [6.07, 6.45) is 4.78. The zero-order chi connectivity index (χ0) is 16.8. The summed E-state index contributed by atoms with van der Waals surface area (Å²) in [5, 5.41) is 2.78. The average molecular weight is 321 g/mol. The van der Waals surface area contributed by atoms with Gasteiger partial charge >= 0.3 is 6.09 Å². The summed E-state index contributed by atoms with van der Waals surface area (Å²) in [5.74, 6) is 0. The molecule has 24 heavy (non-hydrogen) atoms. The fourth-order valence-corrected chi connectivity index (χ4v) is 3.21. The number of alkyl carbamates (subject to hydrolysis) is 1. The third-order valence-corrected chi connectivity index (χ3v) is 4.32. The molecule has 3 heteroatoms. The minimum atomic E-state index is -0.349. The number of aryl methyl sites for hydroxylation is 2. The second-order valence-corrected chi connectivity index (χ2v) is 5.87. The predicted octanol–water partition coefficient (Wildman–Crippen LogP) is 4.35. The van der Waals surface area contributed by atoms with Gasteiger partial charge in [0.05, 0.1) is 6.61 Å². The van der Waals surface area contributed by atoms with Crippen LogP contribution in [0.2, 0.25) is 0 Å². The molecule has 0 spiro atoms. The van der Waals surface area contributed by atoms with Crippen LogP contribution in [-0.2, 0) is 17.6 Å². The van der Waals surface area contributed by atoms with E-state index in [2.05, 4.69) is 59.9 Å². The molecule has 0 bridgehead atoms. The van der Waals surface area contributed by atoms with E-state index < -0.39 is 0 Å². The van der Waals surface area contributed by atoms with Crippen molar-refractivity contribution in [1.29, 1.82) is 0 Å². The Morgan fingerprint density at radius 1 is 1.04 bits per heavy atom. The van der Waals surface area contributed by atoms with Crippen LogP contribution >= 0.6 is 0 Å². The maximum Gasteiger partial charge on any atom is 0.407 e. The second kappa shape index (κ2) is 7.82. The van der Waals surface area contributed by atoms with Gasteiger partial charge in [0.25, 0.3) is 0 Å². The first-order valence-electron chi connectivity index (χ1n) is 8.57. The molecule has 3 rings (SSSR count). The van der Waals surface area contributed by atoms with Gasteiger partial charge in [-0.1, -0.05) is 54.6 Å². The lowest BCUT2D eigenvalue weighted by Gasteiger charge is -2.12. The van der Waals surface area contributed by atoms with Crippen LogP contribution in [0.15, 0.2) is 54.6 Å². The number of nitrogens with one attached hydrogen (secondary N) is 1. The molecule has 0 saturated heterocycles. The SMILES string of the molecule is CCOC(=O)NCCC=C1c2ccccc2CCc2ccccc21. The quantitative estimate of drug-likeness (QED) is 0.850. The third-order valence-electron chi connectivity index (χ3n) is 4.32. The van der Waals surface area contributed by atoms with E-state index in [1.54, 1.807) is 6.92 Å². The number of carbonyl (C=O) groups excluding carboxylic acids is 1. The van der Waals surface area contributed by atoms with E-state index in [-0.39, 0.29) is 6.09 Å². The second-order valence-electron chi connectivity index (χ2n) is 5.87. The average Bonchev–Trinajstić information content (AvgIpc) is 2.76. The molecule has 0 aromatic heterocycles. The molecule has 0 aliphatic heterocycles. The Hall–Kier alpha value is -2.55. The lowest BCUT2D eigenvalue weighted by molar-refractivity contribution is 0.152. The van der Waals surface area contributed by atoms with E-state index in [0.29, 0.717) is 13.2 Å². The van der Waals surface area contributed by atoms with E-state index in [1.807, 2.05) is 0 Å². The molecule has 124 valence electrons. The smallest absolute Gasteiger partial charge is 0.407 e. The molecule has 1 aliphatic carbocycles. The molecule has 0 fully saturated rings. The third kappa shape index (κ3) is 3.67. The summed E-state index contributed by atoms with van der Waals surface area (Å²) in [5.41, 5.74) is 6.65. The van der Waals surface area contributed by atoms with Gasteiger partial charge in [-0.2, -0.15) is 0 Å². The number of carbonyl (C=O) groups is 1. The number of ether oxygens (including phenoxy) is 1. The number of hydrogen-bond acceptors (Lipinski definition) is 2. The molecule has 0 atom stereocenters. The topological polar surface area (TPSA) is 38.3 Å². The van der Waals surface area contributed by atoms with Gasteiger partial charge in [-0.3, -0.25) is 0 Å². The normalized spacial score (nSPS) is 12.6. The molecule has 0 saturated carbocycles. The van der Waals surface area contributed by atoms with E-state index in [9.17, 15) is 4.79 Å². The maximum absolute atomic E-state index is 11.4. The van der Waals surface area contributed by atoms with E-state index >= 15 is 0 Å². The highest BCUT2D eigenvalue weighted by Gasteiger charge is 2.16. The van der Waals surface area contributed by atoms with E-state index in [0.717, 1.165) is 19.3 Å². The van der Waals surface area contributed by atoms with Crippen molar-refractivity contribution in [3.63, 3.8) is 0 Å². The Balaban J connectivity index is 1.85. The molecule has 3 nitrogen and oxygen atoms in total. The molecule has 1 amide bonds. The molecule has 1 aliphatic rings. The highest BCUT2D eigenvalue weighted by atomic mass is 16.5. The number of amides is 1. The summed E-state index contributed by atoms with van der Waals surface area (Å²) in [6.45, 7) is 2.78. The van der Waals surface area contributed by atoms with Crippen LogP contribution in [0.3, 0.4) is 0 Å². The molecule has 2 aromatic rings. The van der Waals surface area contributed by atoms with Crippen LogP contribution < -0.4 is 5.32 Å². The largest absolute Gasteiger partial charge is 0.450 e.